The van der Waals surface area contributed by atoms with Crippen molar-refractivity contribution in [2.24, 2.45) is 5.41 Å². The zero-order chi connectivity index (χ0) is 22.4. The molecule has 1 saturated heterocycles. The normalized spacial score (nSPS) is 20.2. The molecule has 6 nitrogen and oxygen atoms in total. The van der Waals surface area contributed by atoms with Gasteiger partial charge in [0.05, 0.1) is 11.4 Å². The molecule has 1 saturated carbocycles. The van der Waals surface area contributed by atoms with Crippen LogP contribution < -0.4 is 4.90 Å². The Bertz CT molecular complexity index is 1180. The molecule has 2 fully saturated rings. The van der Waals surface area contributed by atoms with E-state index in [4.69, 9.17) is 9.26 Å². The van der Waals surface area contributed by atoms with E-state index < -0.39 is 0 Å². The molecule has 0 atom stereocenters. The lowest BCUT2D eigenvalue weighted by molar-refractivity contribution is 0.0985. The van der Waals surface area contributed by atoms with Crippen LogP contribution >= 0.6 is 0 Å². The summed E-state index contributed by atoms with van der Waals surface area (Å²) in [6, 6.07) is 12.7. The van der Waals surface area contributed by atoms with Crippen molar-refractivity contribution in [3.63, 3.8) is 0 Å². The van der Waals surface area contributed by atoms with Crippen LogP contribution in [0, 0.1) is 11.2 Å². The molecular weight excluding hydrogens is 421 g/mol. The molecule has 6 rings (SSSR count). The Labute approximate surface area is 192 Å². The van der Waals surface area contributed by atoms with Crippen LogP contribution in [0.2, 0.25) is 0 Å². The average molecular weight is 450 g/mol. The number of hydrogen-bond donors (Lipinski definition) is 0. The molecule has 0 spiro atoms. The van der Waals surface area contributed by atoms with Gasteiger partial charge in [-0.2, -0.15) is 0 Å². The highest BCUT2D eigenvalue weighted by molar-refractivity contribution is 5.90. The molecule has 1 amide bonds. The fraction of sp³-hybridized carbons (Fsp3) is 0.462. The highest BCUT2D eigenvalue weighted by atomic mass is 19.1. The molecule has 0 radical (unpaired) electrons. The van der Waals surface area contributed by atoms with Gasteiger partial charge in [-0.05, 0) is 69.0 Å². The summed E-state index contributed by atoms with van der Waals surface area (Å²) in [4.78, 5) is 17.0. The Balaban J connectivity index is 1.02. The molecule has 3 aliphatic rings. The Kier molecular flexibility index (Phi) is 5.09. The minimum absolute atomic E-state index is 0.0971. The van der Waals surface area contributed by atoms with Crippen molar-refractivity contribution in [1.82, 2.24) is 10.1 Å². The molecule has 172 valence electrons. The third kappa shape index (κ3) is 3.99. The van der Waals surface area contributed by atoms with Gasteiger partial charge in [0.2, 0.25) is 0 Å². The second-order valence-corrected chi connectivity index (χ2v) is 9.84. The Hall–Kier alpha value is -2.93. The SMILES string of the molecule is O=C(OCC1(CN2CCC(c3noc4cc(F)ccc34)CC2)CC1)N1CCc2ccccc21. The van der Waals surface area contributed by atoms with E-state index in [9.17, 15) is 9.18 Å². The van der Waals surface area contributed by atoms with Gasteiger partial charge in [0, 0.05) is 35.9 Å². The number of carbonyl (C=O) groups is 1. The first-order valence-electron chi connectivity index (χ1n) is 11.9. The molecule has 0 bridgehead atoms. The summed E-state index contributed by atoms with van der Waals surface area (Å²) < 4.78 is 24.6. The van der Waals surface area contributed by atoms with Crippen LogP contribution in [0.25, 0.3) is 11.0 Å². The van der Waals surface area contributed by atoms with Crippen LogP contribution in [0.5, 0.6) is 0 Å². The van der Waals surface area contributed by atoms with Crippen molar-refractivity contribution >= 4 is 22.7 Å². The van der Waals surface area contributed by atoms with Crippen LogP contribution in [0.15, 0.2) is 47.0 Å². The predicted octanol–water partition coefficient (Wildman–Crippen LogP) is 5.13. The zero-order valence-electron chi connectivity index (χ0n) is 18.6. The predicted molar refractivity (Wildman–Crippen MR) is 123 cm³/mol. The lowest BCUT2D eigenvalue weighted by atomic mass is 9.91. The summed E-state index contributed by atoms with van der Waals surface area (Å²) in [5.41, 5.74) is 3.76. The van der Waals surface area contributed by atoms with Gasteiger partial charge in [-0.15, -0.1) is 0 Å². The molecule has 33 heavy (non-hydrogen) atoms. The number of para-hydroxylation sites is 1. The Morgan fingerprint density at radius 1 is 1.15 bits per heavy atom. The molecule has 1 aromatic heterocycles. The fourth-order valence-corrected chi connectivity index (χ4v) is 5.41. The van der Waals surface area contributed by atoms with Gasteiger partial charge >= 0.3 is 6.09 Å². The van der Waals surface area contributed by atoms with E-state index >= 15 is 0 Å². The van der Waals surface area contributed by atoms with E-state index in [1.165, 1.54) is 17.7 Å². The number of aromatic nitrogens is 1. The number of likely N-dealkylation sites (tertiary alicyclic amines) is 1. The standard InChI is InChI=1S/C26H28FN3O3/c27-20-5-6-21-23(15-20)33-28-24(21)19-7-12-29(13-8-19)16-26(10-11-26)17-32-25(31)30-14-9-18-3-1-2-4-22(18)30/h1-6,15,19H,7-14,16-17H2. The minimum Gasteiger partial charge on any atom is -0.449 e. The van der Waals surface area contributed by atoms with Crippen LogP contribution in [0.3, 0.4) is 0 Å². The average Bonchev–Trinajstić information content (AvgIpc) is 3.26. The van der Waals surface area contributed by atoms with Crippen molar-refractivity contribution in [3.05, 3.63) is 59.5 Å². The summed E-state index contributed by atoms with van der Waals surface area (Å²) in [6.07, 6.45) is 4.88. The molecule has 0 unspecified atom stereocenters. The van der Waals surface area contributed by atoms with Crippen LogP contribution in [-0.2, 0) is 11.2 Å². The summed E-state index contributed by atoms with van der Waals surface area (Å²) in [5.74, 6) is 0.0283. The second-order valence-electron chi connectivity index (χ2n) is 9.84. The van der Waals surface area contributed by atoms with E-state index in [1.54, 1.807) is 11.0 Å². The lowest BCUT2D eigenvalue weighted by Gasteiger charge is -2.34. The minimum atomic E-state index is -0.301. The van der Waals surface area contributed by atoms with Gasteiger partial charge in [-0.3, -0.25) is 4.90 Å². The van der Waals surface area contributed by atoms with Crippen molar-refractivity contribution < 1.29 is 18.4 Å². The highest BCUT2D eigenvalue weighted by Crippen LogP contribution is 2.47. The van der Waals surface area contributed by atoms with Gasteiger partial charge in [0.15, 0.2) is 5.58 Å². The highest BCUT2D eigenvalue weighted by Gasteiger charge is 2.46. The maximum atomic E-state index is 13.4. The van der Waals surface area contributed by atoms with Gasteiger partial charge in [0.1, 0.15) is 12.4 Å². The molecule has 0 N–H and O–H groups in total. The maximum absolute atomic E-state index is 13.4. The van der Waals surface area contributed by atoms with E-state index in [-0.39, 0.29) is 17.3 Å². The van der Waals surface area contributed by atoms with Crippen molar-refractivity contribution in [1.29, 1.82) is 0 Å². The Morgan fingerprint density at radius 3 is 2.79 bits per heavy atom. The number of anilines is 1. The van der Waals surface area contributed by atoms with E-state index in [2.05, 4.69) is 16.1 Å². The zero-order valence-corrected chi connectivity index (χ0v) is 18.6. The number of nitrogens with zero attached hydrogens (tertiary/aromatic N) is 3. The number of rotatable bonds is 5. The summed E-state index contributed by atoms with van der Waals surface area (Å²) >= 11 is 0. The molecular formula is C26H28FN3O3. The first-order chi connectivity index (χ1) is 16.1. The number of hydrogen-bond acceptors (Lipinski definition) is 5. The molecule has 2 aliphatic heterocycles. The van der Waals surface area contributed by atoms with Crippen LogP contribution in [-0.4, -0.2) is 48.9 Å². The first-order valence-corrected chi connectivity index (χ1v) is 11.9. The molecule has 3 aromatic rings. The van der Waals surface area contributed by atoms with E-state index in [0.29, 0.717) is 24.7 Å². The number of benzene rings is 2. The van der Waals surface area contributed by atoms with E-state index in [0.717, 1.165) is 68.5 Å². The number of halogens is 1. The Morgan fingerprint density at radius 2 is 1.97 bits per heavy atom. The molecule has 3 heterocycles. The monoisotopic (exact) mass is 449 g/mol. The van der Waals surface area contributed by atoms with Gasteiger partial charge < -0.3 is 14.2 Å². The lowest BCUT2D eigenvalue weighted by Crippen LogP contribution is -2.39. The number of fused-ring (bicyclic) bond motifs is 2. The summed E-state index contributed by atoms with van der Waals surface area (Å²) in [7, 11) is 0. The summed E-state index contributed by atoms with van der Waals surface area (Å²) in [6.45, 7) is 4.12. The van der Waals surface area contributed by atoms with Crippen molar-refractivity contribution in [3.8, 4) is 0 Å². The topological polar surface area (TPSA) is 58.8 Å². The second kappa shape index (κ2) is 8.13. The first kappa shape index (κ1) is 20.7. The smallest absolute Gasteiger partial charge is 0.414 e. The molecule has 7 heteroatoms. The quantitative estimate of drug-likeness (QED) is 0.541. The third-order valence-electron chi connectivity index (χ3n) is 7.56. The van der Waals surface area contributed by atoms with Crippen molar-refractivity contribution in [2.75, 3.05) is 37.7 Å². The maximum Gasteiger partial charge on any atom is 0.414 e. The molecule has 2 aromatic carbocycles. The van der Waals surface area contributed by atoms with Crippen molar-refractivity contribution in [2.45, 2.75) is 38.0 Å². The van der Waals surface area contributed by atoms with Gasteiger partial charge in [-0.1, -0.05) is 23.4 Å². The summed E-state index contributed by atoms with van der Waals surface area (Å²) in [5, 5.41) is 5.17. The number of piperidine rings is 1. The number of carbonyl (C=O) groups excluding carboxylic acids is 1. The third-order valence-corrected chi connectivity index (χ3v) is 7.56. The van der Waals surface area contributed by atoms with Crippen LogP contribution in [0.1, 0.15) is 42.9 Å². The fourth-order valence-electron chi connectivity index (χ4n) is 5.41. The number of ether oxygens (including phenoxy) is 1. The largest absolute Gasteiger partial charge is 0.449 e. The van der Waals surface area contributed by atoms with Gasteiger partial charge in [-0.25, -0.2) is 9.18 Å². The molecule has 1 aliphatic carbocycles. The number of amides is 1. The van der Waals surface area contributed by atoms with Gasteiger partial charge in [0.25, 0.3) is 0 Å². The van der Waals surface area contributed by atoms with E-state index in [1.807, 2.05) is 18.2 Å². The van der Waals surface area contributed by atoms with Crippen LogP contribution in [0.4, 0.5) is 14.9 Å².